The number of amides is 1. The molecule has 0 aromatic carbocycles. The Morgan fingerprint density at radius 2 is 2.05 bits per heavy atom. The molecule has 0 spiro atoms. The first-order valence-electron chi connectivity index (χ1n) is 7.24. The molecule has 2 rings (SSSR count). The van der Waals surface area contributed by atoms with Crippen LogP contribution in [0.1, 0.15) is 37.6 Å². The van der Waals surface area contributed by atoms with E-state index in [1.807, 2.05) is 36.5 Å². The lowest BCUT2D eigenvalue weighted by Gasteiger charge is -2.20. The van der Waals surface area contributed by atoms with Gasteiger partial charge in [-0.3, -0.25) is 14.8 Å². The summed E-state index contributed by atoms with van der Waals surface area (Å²) in [5.41, 5.74) is 1.82. The van der Waals surface area contributed by atoms with Crippen molar-refractivity contribution in [2.24, 2.45) is 5.92 Å². The van der Waals surface area contributed by atoms with Crippen molar-refractivity contribution >= 4 is 5.91 Å². The Labute approximate surface area is 125 Å². The third kappa shape index (κ3) is 4.99. The third-order valence-corrected chi connectivity index (χ3v) is 3.20. The number of carbonyl (C=O) groups excluding carboxylic acids is 1. The molecule has 2 heterocycles. The molecule has 1 atom stereocenters. The molecule has 0 radical (unpaired) electrons. The lowest BCUT2D eigenvalue weighted by atomic mass is 9.98. The second kappa shape index (κ2) is 7.53. The van der Waals surface area contributed by atoms with Crippen LogP contribution in [0.5, 0.6) is 0 Å². The van der Waals surface area contributed by atoms with E-state index in [0.717, 1.165) is 17.7 Å². The highest BCUT2D eigenvalue weighted by Gasteiger charge is 2.16. The molecular formula is C17H21N3O. The van der Waals surface area contributed by atoms with Gasteiger partial charge in [-0.2, -0.15) is 0 Å². The number of aromatic nitrogens is 2. The summed E-state index contributed by atoms with van der Waals surface area (Å²) in [5, 5.41) is 3.09. The van der Waals surface area contributed by atoms with Gasteiger partial charge in [0.05, 0.1) is 12.5 Å². The zero-order valence-corrected chi connectivity index (χ0v) is 12.5. The number of nitrogens with zero attached hydrogens (tertiary/aromatic N) is 2. The van der Waals surface area contributed by atoms with Gasteiger partial charge in [0.1, 0.15) is 0 Å². The van der Waals surface area contributed by atoms with E-state index in [1.54, 1.807) is 12.4 Å². The Bertz CT molecular complexity index is 555. The number of carbonyl (C=O) groups is 1. The predicted octanol–water partition coefficient (Wildman–Crippen LogP) is 2.92. The van der Waals surface area contributed by atoms with E-state index in [-0.39, 0.29) is 11.9 Å². The first-order chi connectivity index (χ1) is 10.1. The Morgan fingerprint density at radius 3 is 2.67 bits per heavy atom. The van der Waals surface area contributed by atoms with Crippen LogP contribution in [0.25, 0.3) is 0 Å². The molecule has 0 aliphatic rings. The lowest BCUT2D eigenvalue weighted by Crippen LogP contribution is -2.31. The fraction of sp³-hybridized carbons (Fsp3) is 0.353. The number of rotatable bonds is 6. The van der Waals surface area contributed by atoms with Crippen LogP contribution in [0, 0.1) is 5.92 Å². The second-order valence-corrected chi connectivity index (χ2v) is 5.53. The van der Waals surface area contributed by atoms with Crippen molar-refractivity contribution in [1.29, 1.82) is 0 Å². The van der Waals surface area contributed by atoms with Crippen molar-refractivity contribution in [2.75, 3.05) is 0 Å². The standard InChI is InChI=1S/C17H21N3O/c1-13(2)10-16(14-6-5-8-18-12-14)20-17(21)11-15-7-3-4-9-19-15/h3-9,12-13,16H,10-11H2,1-2H3,(H,20,21)/t16-/m1/s1. The lowest BCUT2D eigenvalue weighted by molar-refractivity contribution is -0.121. The van der Waals surface area contributed by atoms with E-state index in [2.05, 4.69) is 29.1 Å². The van der Waals surface area contributed by atoms with Gasteiger partial charge in [-0.05, 0) is 36.1 Å². The summed E-state index contributed by atoms with van der Waals surface area (Å²) < 4.78 is 0. The highest BCUT2D eigenvalue weighted by atomic mass is 16.1. The number of pyridine rings is 2. The number of hydrogen-bond acceptors (Lipinski definition) is 3. The van der Waals surface area contributed by atoms with E-state index >= 15 is 0 Å². The van der Waals surface area contributed by atoms with Crippen molar-refractivity contribution in [3.63, 3.8) is 0 Å². The Balaban J connectivity index is 2.03. The molecule has 0 saturated heterocycles. The van der Waals surface area contributed by atoms with Gasteiger partial charge in [-0.25, -0.2) is 0 Å². The molecule has 0 fully saturated rings. The summed E-state index contributed by atoms with van der Waals surface area (Å²) >= 11 is 0. The van der Waals surface area contributed by atoms with E-state index in [4.69, 9.17) is 0 Å². The molecule has 110 valence electrons. The molecule has 0 aliphatic carbocycles. The van der Waals surface area contributed by atoms with Crippen LogP contribution in [-0.2, 0) is 11.2 Å². The first-order valence-corrected chi connectivity index (χ1v) is 7.24. The number of hydrogen-bond donors (Lipinski definition) is 1. The molecule has 4 nitrogen and oxygen atoms in total. The maximum absolute atomic E-state index is 12.2. The predicted molar refractivity (Wildman–Crippen MR) is 82.5 cm³/mol. The second-order valence-electron chi connectivity index (χ2n) is 5.53. The summed E-state index contributed by atoms with van der Waals surface area (Å²) in [6, 6.07) is 9.49. The molecule has 2 aromatic rings. The topological polar surface area (TPSA) is 54.9 Å². The molecule has 4 heteroatoms. The minimum absolute atomic E-state index is 0.00471. The molecule has 1 N–H and O–H groups in total. The molecule has 0 bridgehead atoms. The minimum Gasteiger partial charge on any atom is -0.349 e. The molecule has 21 heavy (non-hydrogen) atoms. The van der Waals surface area contributed by atoms with Gasteiger partial charge in [-0.1, -0.05) is 26.0 Å². The maximum Gasteiger partial charge on any atom is 0.226 e. The van der Waals surface area contributed by atoms with Gasteiger partial charge in [0, 0.05) is 24.3 Å². The van der Waals surface area contributed by atoms with Gasteiger partial charge < -0.3 is 5.32 Å². The average molecular weight is 283 g/mol. The highest BCUT2D eigenvalue weighted by Crippen LogP contribution is 2.20. The van der Waals surface area contributed by atoms with Crippen molar-refractivity contribution in [1.82, 2.24) is 15.3 Å². The number of nitrogens with one attached hydrogen (secondary N) is 1. The molecule has 0 aliphatic heterocycles. The van der Waals surface area contributed by atoms with Crippen LogP contribution in [0.2, 0.25) is 0 Å². The zero-order chi connectivity index (χ0) is 15.1. The monoisotopic (exact) mass is 283 g/mol. The summed E-state index contributed by atoms with van der Waals surface area (Å²) in [6.45, 7) is 4.29. The summed E-state index contributed by atoms with van der Waals surface area (Å²) in [6.07, 6.45) is 6.45. The van der Waals surface area contributed by atoms with Crippen LogP contribution in [-0.4, -0.2) is 15.9 Å². The van der Waals surface area contributed by atoms with Crippen LogP contribution in [0.15, 0.2) is 48.9 Å². The molecule has 0 saturated carbocycles. The van der Waals surface area contributed by atoms with Gasteiger partial charge in [-0.15, -0.1) is 0 Å². The van der Waals surface area contributed by atoms with Crippen molar-refractivity contribution < 1.29 is 4.79 Å². The fourth-order valence-corrected chi connectivity index (χ4v) is 2.24. The minimum atomic E-state index is -0.0109. The largest absolute Gasteiger partial charge is 0.349 e. The van der Waals surface area contributed by atoms with E-state index in [9.17, 15) is 4.79 Å². The SMILES string of the molecule is CC(C)C[C@@H](NC(=O)Cc1ccccn1)c1cccnc1. The summed E-state index contributed by atoms with van der Waals surface area (Å²) in [4.78, 5) is 20.5. The third-order valence-electron chi connectivity index (χ3n) is 3.20. The fourth-order valence-electron chi connectivity index (χ4n) is 2.24. The Hall–Kier alpha value is -2.23. The average Bonchev–Trinajstić information content (AvgIpc) is 2.48. The van der Waals surface area contributed by atoms with E-state index < -0.39 is 0 Å². The Morgan fingerprint density at radius 1 is 1.19 bits per heavy atom. The van der Waals surface area contributed by atoms with Crippen LogP contribution in [0.3, 0.4) is 0 Å². The van der Waals surface area contributed by atoms with Crippen LogP contribution in [0.4, 0.5) is 0 Å². The normalized spacial score (nSPS) is 12.1. The van der Waals surface area contributed by atoms with Gasteiger partial charge in [0.15, 0.2) is 0 Å². The quantitative estimate of drug-likeness (QED) is 0.887. The molecule has 1 amide bonds. The summed E-state index contributed by atoms with van der Waals surface area (Å²) in [7, 11) is 0. The van der Waals surface area contributed by atoms with Gasteiger partial charge in [0.25, 0.3) is 0 Å². The van der Waals surface area contributed by atoms with Crippen molar-refractivity contribution in [3.05, 3.63) is 60.2 Å². The molecule has 0 unspecified atom stereocenters. The van der Waals surface area contributed by atoms with E-state index in [1.165, 1.54) is 0 Å². The van der Waals surface area contributed by atoms with Crippen LogP contribution >= 0.6 is 0 Å². The van der Waals surface area contributed by atoms with E-state index in [0.29, 0.717) is 12.3 Å². The molecular weight excluding hydrogens is 262 g/mol. The Kier molecular flexibility index (Phi) is 5.43. The summed E-state index contributed by atoms with van der Waals surface area (Å²) in [5.74, 6) is 0.480. The smallest absolute Gasteiger partial charge is 0.226 e. The highest BCUT2D eigenvalue weighted by molar-refractivity contribution is 5.78. The van der Waals surface area contributed by atoms with Crippen molar-refractivity contribution in [2.45, 2.75) is 32.7 Å². The van der Waals surface area contributed by atoms with Gasteiger partial charge >= 0.3 is 0 Å². The van der Waals surface area contributed by atoms with Crippen molar-refractivity contribution in [3.8, 4) is 0 Å². The maximum atomic E-state index is 12.2. The van der Waals surface area contributed by atoms with Crippen LogP contribution < -0.4 is 5.32 Å². The first kappa shape index (κ1) is 15.2. The zero-order valence-electron chi connectivity index (χ0n) is 12.5. The van der Waals surface area contributed by atoms with Gasteiger partial charge in [0.2, 0.25) is 5.91 Å². The molecule has 2 aromatic heterocycles.